The number of benzene rings is 1. The van der Waals surface area contributed by atoms with E-state index in [1.165, 1.54) is 30.3 Å². The highest BCUT2D eigenvalue weighted by Crippen LogP contribution is 2.28. The van der Waals surface area contributed by atoms with Crippen molar-refractivity contribution in [1.29, 1.82) is 0 Å². The number of H-pyrrole nitrogens is 1. The number of amides is 1. The fourth-order valence-corrected chi connectivity index (χ4v) is 3.23. The maximum Gasteiger partial charge on any atom is 0.419 e. The van der Waals surface area contributed by atoms with Crippen molar-refractivity contribution in [3.8, 4) is 0 Å². The van der Waals surface area contributed by atoms with Crippen LogP contribution in [0.2, 0.25) is 0 Å². The molecule has 1 saturated heterocycles. The van der Waals surface area contributed by atoms with E-state index >= 15 is 0 Å². The Bertz CT molecular complexity index is 800. The van der Waals surface area contributed by atoms with Crippen molar-refractivity contribution in [3.05, 3.63) is 54.0 Å². The van der Waals surface area contributed by atoms with Gasteiger partial charge in [-0.25, -0.2) is 9.37 Å². The van der Waals surface area contributed by atoms with Gasteiger partial charge in [-0.1, -0.05) is 0 Å². The van der Waals surface area contributed by atoms with Crippen molar-refractivity contribution in [2.75, 3.05) is 36.4 Å². The molecule has 3 N–H and O–H groups in total. The van der Waals surface area contributed by atoms with E-state index in [4.69, 9.17) is 0 Å². The van der Waals surface area contributed by atoms with Gasteiger partial charge >= 0.3 is 6.18 Å². The fraction of sp³-hybridized carbons (Fsp3) is 0.368. The highest BCUT2D eigenvalue weighted by Gasteiger charge is 2.34. The van der Waals surface area contributed by atoms with E-state index in [1.54, 1.807) is 0 Å². The van der Waals surface area contributed by atoms with E-state index in [9.17, 15) is 22.4 Å². The van der Waals surface area contributed by atoms with Crippen molar-refractivity contribution in [2.45, 2.75) is 19.1 Å². The average molecular weight is 398 g/mol. The van der Waals surface area contributed by atoms with Crippen LogP contribution in [0, 0.1) is 5.82 Å². The van der Waals surface area contributed by atoms with E-state index in [2.05, 4.69) is 10.3 Å². The van der Waals surface area contributed by atoms with Crippen LogP contribution in [0.25, 0.3) is 0 Å². The Balaban J connectivity index is 1.54. The molecule has 1 aromatic heterocycles. The number of piperazine rings is 1. The Kier molecular flexibility index (Phi) is 5.83. The van der Waals surface area contributed by atoms with Crippen molar-refractivity contribution < 1.29 is 32.2 Å². The van der Waals surface area contributed by atoms with Crippen LogP contribution in [0.1, 0.15) is 12.5 Å². The molecule has 1 amide bonds. The van der Waals surface area contributed by atoms with Crippen molar-refractivity contribution in [3.63, 3.8) is 0 Å². The number of alkyl halides is 3. The molecule has 1 atom stereocenters. The van der Waals surface area contributed by atoms with Crippen molar-refractivity contribution >= 4 is 17.4 Å². The molecule has 0 radical (unpaired) electrons. The normalized spacial score (nSPS) is 16.7. The zero-order valence-electron chi connectivity index (χ0n) is 15.3. The first-order valence-corrected chi connectivity index (χ1v) is 8.99. The number of pyridine rings is 1. The zero-order chi connectivity index (χ0) is 20.3. The summed E-state index contributed by atoms with van der Waals surface area (Å²) in [5.41, 5.74) is -0.178. The minimum Gasteiger partial charge on any atom is -0.321 e. The first kappa shape index (κ1) is 20.1. The van der Waals surface area contributed by atoms with Gasteiger partial charge in [0.05, 0.1) is 5.56 Å². The number of aromatic amines is 1. The van der Waals surface area contributed by atoms with E-state index in [0.29, 0.717) is 37.7 Å². The summed E-state index contributed by atoms with van der Waals surface area (Å²) in [5, 5.41) is 2.78. The number of halogens is 4. The molecule has 1 aliphatic heterocycles. The van der Waals surface area contributed by atoms with Crippen molar-refractivity contribution in [1.82, 2.24) is 0 Å². The van der Waals surface area contributed by atoms with Gasteiger partial charge in [0.2, 0.25) is 0 Å². The van der Waals surface area contributed by atoms with Gasteiger partial charge in [-0.3, -0.25) is 9.69 Å². The summed E-state index contributed by atoms with van der Waals surface area (Å²) in [7, 11) is 0. The lowest BCUT2D eigenvalue weighted by Crippen LogP contribution is -3.19. The molecular weight excluding hydrogens is 376 g/mol. The third-order valence-electron chi connectivity index (χ3n) is 4.99. The van der Waals surface area contributed by atoms with Gasteiger partial charge in [-0.15, -0.1) is 0 Å². The van der Waals surface area contributed by atoms with Crippen molar-refractivity contribution in [2.24, 2.45) is 0 Å². The summed E-state index contributed by atoms with van der Waals surface area (Å²) < 4.78 is 50.9. The average Bonchev–Trinajstić information content (AvgIpc) is 2.69. The second-order valence-corrected chi connectivity index (χ2v) is 6.82. The Morgan fingerprint density at radius 2 is 1.79 bits per heavy atom. The summed E-state index contributed by atoms with van der Waals surface area (Å²) >= 11 is 0. The molecule has 28 heavy (non-hydrogen) atoms. The monoisotopic (exact) mass is 398 g/mol. The maximum atomic E-state index is 13.0. The number of carbonyl (C=O) groups excluding carboxylic acids is 1. The van der Waals surface area contributed by atoms with Crippen LogP contribution in [0.4, 0.5) is 29.1 Å². The van der Waals surface area contributed by atoms with Gasteiger partial charge in [0.25, 0.3) is 11.7 Å². The highest BCUT2D eigenvalue weighted by molar-refractivity contribution is 5.93. The number of quaternary nitrogens is 1. The molecule has 0 saturated carbocycles. The first-order chi connectivity index (χ1) is 13.2. The van der Waals surface area contributed by atoms with Gasteiger partial charge in [0.1, 0.15) is 38.2 Å². The number of hydrogen-bond acceptors (Lipinski definition) is 2. The topological polar surface area (TPSA) is 50.9 Å². The lowest BCUT2D eigenvalue weighted by atomic mass is 10.2. The molecule has 150 valence electrons. The fourth-order valence-electron chi connectivity index (χ4n) is 3.23. The Labute approximate surface area is 160 Å². The predicted molar refractivity (Wildman–Crippen MR) is 95.4 cm³/mol. The third-order valence-corrected chi connectivity index (χ3v) is 4.99. The molecule has 0 unspecified atom stereocenters. The lowest BCUT2D eigenvalue weighted by molar-refractivity contribution is -0.914. The minimum atomic E-state index is -4.37. The largest absolute Gasteiger partial charge is 0.419 e. The van der Waals surface area contributed by atoms with Crippen LogP contribution in [0.15, 0.2) is 42.6 Å². The molecule has 0 aliphatic carbocycles. The Morgan fingerprint density at radius 1 is 1.14 bits per heavy atom. The number of rotatable bonds is 4. The van der Waals surface area contributed by atoms with Crippen LogP contribution in [0.5, 0.6) is 0 Å². The second-order valence-electron chi connectivity index (χ2n) is 6.82. The van der Waals surface area contributed by atoms with Gasteiger partial charge < -0.3 is 10.2 Å². The summed E-state index contributed by atoms with van der Waals surface area (Å²) in [4.78, 5) is 18.2. The molecule has 5 nitrogen and oxygen atoms in total. The van der Waals surface area contributed by atoms with Crippen LogP contribution < -0.4 is 20.1 Å². The molecule has 0 spiro atoms. The number of aromatic nitrogens is 1. The van der Waals surface area contributed by atoms with E-state index < -0.39 is 11.7 Å². The molecule has 1 fully saturated rings. The molecule has 2 heterocycles. The first-order valence-electron chi connectivity index (χ1n) is 8.99. The number of hydrogen-bond donors (Lipinski definition) is 2. The molecule has 1 aromatic carbocycles. The molecule has 3 rings (SSSR count). The van der Waals surface area contributed by atoms with E-state index in [1.807, 2.05) is 11.8 Å². The lowest BCUT2D eigenvalue weighted by Gasteiger charge is -2.31. The van der Waals surface area contributed by atoms with Crippen LogP contribution in [0.3, 0.4) is 0 Å². The maximum absolute atomic E-state index is 13.0. The Hall–Kier alpha value is -2.68. The van der Waals surface area contributed by atoms with Crippen LogP contribution in [-0.4, -0.2) is 38.1 Å². The minimum absolute atomic E-state index is 0.156. The number of carbonyl (C=O) groups is 1. The van der Waals surface area contributed by atoms with E-state index in [-0.39, 0.29) is 17.8 Å². The summed E-state index contributed by atoms with van der Waals surface area (Å²) in [6.45, 7) is 4.41. The molecule has 2 aromatic rings. The number of nitrogens with zero attached hydrogens (tertiary/aromatic N) is 1. The molecule has 1 aliphatic rings. The van der Waals surface area contributed by atoms with Gasteiger partial charge in [-0.05, 0) is 37.3 Å². The number of nitrogens with one attached hydrogen (secondary N) is 3. The predicted octanol–water partition coefficient (Wildman–Crippen LogP) is 1.39. The Morgan fingerprint density at radius 3 is 2.32 bits per heavy atom. The van der Waals surface area contributed by atoms with Gasteiger partial charge in [0.15, 0.2) is 6.04 Å². The van der Waals surface area contributed by atoms with Gasteiger partial charge in [-0.2, -0.15) is 13.2 Å². The quantitative estimate of drug-likeness (QED) is 0.765. The molecule has 9 heteroatoms. The summed E-state index contributed by atoms with van der Waals surface area (Å²) in [6.07, 6.45) is -3.40. The smallest absolute Gasteiger partial charge is 0.321 e. The molecule has 0 bridgehead atoms. The third kappa shape index (κ3) is 4.78. The SMILES string of the molecule is C[C@H](C(=O)Nc1ccc(F)cc1)[NH+]1CCN(c2ccc(C(F)(F)F)c[nH+]2)CC1. The standard InChI is InChI=1S/C19H20F4N4O/c1-13(18(28)25-16-5-3-15(20)4-6-16)26-8-10-27(11-9-26)17-7-2-14(12-24-17)19(21,22)23/h2-7,12-13H,8-11H2,1H3,(H,25,28)/p+2/t13-/m1/s1. The van der Waals surface area contributed by atoms with Crippen LogP contribution >= 0.6 is 0 Å². The zero-order valence-corrected chi connectivity index (χ0v) is 15.3. The number of anilines is 2. The highest BCUT2D eigenvalue weighted by atomic mass is 19.4. The van der Waals surface area contributed by atoms with Crippen LogP contribution in [-0.2, 0) is 11.0 Å². The van der Waals surface area contributed by atoms with Gasteiger partial charge in [0, 0.05) is 11.8 Å². The second kappa shape index (κ2) is 8.14. The van der Waals surface area contributed by atoms with E-state index in [0.717, 1.165) is 17.2 Å². The summed E-state index contributed by atoms with van der Waals surface area (Å²) in [6, 6.07) is 7.77. The molecular formula is C19H22F4N4O+2. The summed E-state index contributed by atoms with van der Waals surface area (Å²) in [5.74, 6) is 0.0967.